The van der Waals surface area contributed by atoms with Crippen LogP contribution in [0.5, 0.6) is 0 Å². The predicted molar refractivity (Wildman–Crippen MR) is 90.3 cm³/mol. The van der Waals surface area contributed by atoms with Gasteiger partial charge in [-0.15, -0.1) is 5.10 Å². The molecule has 1 saturated heterocycles. The Hall–Kier alpha value is -2.94. The number of carbonyl (C=O) groups excluding carboxylic acids is 1. The molecule has 1 amide bonds. The summed E-state index contributed by atoms with van der Waals surface area (Å²) in [4.78, 5) is 16.6. The van der Waals surface area contributed by atoms with E-state index in [0.717, 1.165) is 37.4 Å². The minimum atomic E-state index is 0.126. The molecule has 1 aliphatic rings. The molecule has 0 radical (unpaired) electrons. The van der Waals surface area contributed by atoms with E-state index in [1.807, 2.05) is 29.2 Å². The highest BCUT2D eigenvalue weighted by Gasteiger charge is 2.20. The third kappa shape index (κ3) is 3.87. The molecule has 1 aliphatic heterocycles. The third-order valence-electron chi connectivity index (χ3n) is 4.17. The highest BCUT2D eigenvalue weighted by molar-refractivity contribution is 5.79. The zero-order chi connectivity index (χ0) is 16.8. The van der Waals surface area contributed by atoms with Gasteiger partial charge in [-0.3, -0.25) is 4.79 Å². The lowest BCUT2D eigenvalue weighted by molar-refractivity contribution is -0.130. The Bertz CT molecular complexity index is 723. The molecule has 24 heavy (non-hydrogen) atoms. The molecule has 0 aliphatic carbocycles. The molecule has 1 aromatic heterocycles. The number of hydrogen-bond donors (Lipinski definition) is 0. The molecule has 0 spiro atoms. The second-order valence-electron chi connectivity index (χ2n) is 5.79. The number of amides is 1. The normalized spacial score (nSPS) is 14.8. The Morgan fingerprint density at radius 3 is 2.67 bits per heavy atom. The van der Waals surface area contributed by atoms with Crippen LogP contribution in [-0.2, 0) is 11.2 Å². The van der Waals surface area contributed by atoms with Crippen molar-refractivity contribution in [2.45, 2.75) is 12.8 Å². The smallest absolute Gasteiger partial charge is 0.227 e. The number of carbonyl (C=O) groups is 1. The summed E-state index contributed by atoms with van der Waals surface area (Å²) < 4.78 is 0. The van der Waals surface area contributed by atoms with E-state index in [4.69, 9.17) is 5.26 Å². The van der Waals surface area contributed by atoms with E-state index >= 15 is 0 Å². The number of benzene rings is 1. The van der Waals surface area contributed by atoms with Crippen molar-refractivity contribution in [3.05, 3.63) is 53.7 Å². The van der Waals surface area contributed by atoms with Gasteiger partial charge in [-0.05, 0) is 36.2 Å². The Kier molecular flexibility index (Phi) is 5.02. The van der Waals surface area contributed by atoms with Crippen LogP contribution in [0.2, 0.25) is 0 Å². The summed E-state index contributed by atoms with van der Waals surface area (Å²) in [6, 6.07) is 13.1. The Morgan fingerprint density at radius 1 is 1.12 bits per heavy atom. The molecule has 2 aromatic rings. The zero-order valence-electron chi connectivity index (χ0n) is 13.4. The summed E-state index contributed by atoms with van der Waals surface area (Å²) in [7, 11) is 0. The second kappa shape index (κ2) is 7.55. The van der Waals surface area contributed by atoms with Gasteiger partial charge in [0.15, 0.2) is 5.82 Å². The lowest BCUT2D eigenvalue weighted by Crippen LogP contribution is -2.36. The van der Waals surface area contributed by atoms with E-state index < -0.39 is 0 Å². The fourth-order valence-electron chi connectivity index (χ4n) is 2.84. The minimum Gasteiger partial charge on any atom is -0.353 e. The minimum absolute atomic E-state index is 0.126. The van der Waals surface area contributed by atoms with Crippen molar-refractivity contribution >= 4 is 11.7 Å². The summed E-state index contributed by atoms with van der Waals surface area (Å²) in [5.74, 6) is 0.986. The summed E-state index contributed by atoms with van der Waals surface area (Å²) in [5.41, 5.74) is 1.55. The Labute approximate surface area is 141 Å². The lowest BCUT2D eigenvalue weighted by Gasteiger charge is -2.22. The van der Waals surface area contributed by atoms with Crippen LogP contribution < -0.4 is 4.90 Å². The van der Waals surface area contributed by atoms with Crippen LogP contribution >= 0.6 is 0 Å². The number of aromatic nitrogens is 2. The van der Waals surface area contributed by atoms with Crippen molar-refractivity contribution in [1.82, 2.24) is 15.1 Å². The quantitative estimate of drug-likeness (QED) is 0.859. The number of nitriles is 1. The van der Waals surface area contributed by atoms with Crippen molar-refractivity contribution in [3.63, 3.8) is 0 Å². The SMILES string of the molecule is N#Cc1ccc(CC(=O)N2CCCN(c3cccnn3)CC2)cc1. The number of rotatable bonds is 3. The van der Waals surface area contributed by atoms with E-state index in [2.05, 4.69) is 21.2 Å². The molecule has 2 heterocycles. The van der Waals surface area contributed by atoms with Gasteiger partial charge in [-0.1, -0.05) is 12.1 Å². The monoisotopic (exact) mass is 321 g/mol. The second-order valence-corrected chi connectivity index (χ2v) is 5.79. The van der Waals surface area contributed by atoms with E-state index in [9.17, 15) is 4.79 Å². The summed E-state index contributed by atoms with van der Waals surface area (Å²) in [6.45, 7) is 3.08. The molecule has 6 nitrogen and oxygen atoms in total. The van der Waals surface area contributed by atoms with Crippen LogP contribution in [0.25, 0.3) is 0 Å². The fourth-order valence-corrected chi connectivity index (χ4v) is 2.84. The summed E-state index contributed by atoms with van der Waals surface area (Å²) in [6.07, 6.45) is 2.95. The van der Waals surface area contributed by atoms with Crippen LogP contribution in [0, 0.1) is 11.3 Å². The molecule has 0 saturated carbocycles. The molecule has 0 N–H and O–H groups in total. The number of hydrogen-bond acceptors (Lipinski definition) is 5. The maximum absolute atomic E-state index is 12.5. The maximum Gasteiger partial charge on any atom is 0.227 e. The molecular formula is C18H19N5O. The summed E-state index contributed by atoms with van der Waals surface area (Å²) in [5, 5.41) is 16.9. The van der Waals surface area contributed by atoms with Gasteiger partial charge in [-0.25, -0.2) is 0 Å². The van der Waals surface area contributed by atoms with Crippen LogP contribution in [-0.4, -0.2) is 47.2 Å². The standard InChI is InChI=1S/C18H19N5O/c19-14-16-6-4-15(5-7-16)13-18(24)23-10-2-9-22(11-12-23)17-3-1-8-20-21-17/h1,3-8H,2,9-13H2. The summed E-state index contributed by atoms with van der Waals surface area (Å²) >= 11 is 0. The van der Waals surface area contributed by atoms with Gasteiger partial charge in [-0.2, -0.15) is 10.4 Å². The van der Waals surface area contributed by atoms with E-state index in [0.29, 0.717) is 18.5 Å². The first-order valence-corrected chi connectivity index (χ1v) is 8.06. The zero-order valence-corrected chi connectivity index (χ0v) is 13.4. The van der Waals surface area contributed by atoms with E-state index in [1.54, 1.807) is 18.3 Å². The van der Waals surface area contributed by atoms with E-state index in [1.165, 1.54) is 0 Å². The first-order valence-electron chi connectivity index (χ1n) is 8.06. The molecule has 0 unspecified atom stereocenters. The van der Waals surface area contributed by atoms with Gasteiger partial charge in [0, 0.05) is 32.4 Å². The van der Waals surface area contributed by atoms with Crippen molar-refractivity contribution in [2.75, 3.05) is 31.1 Å². The molecule has 6 heteroatoms. The molecular weight excluding hydrogens is 302 g/mol. The molecule has 3 rings (SSSR count). The van der Waals surface area contributed by atoms with Gasteiger partial charge in [0.2, 0.25) is 5.91 Å². The highest BCUT2D eigenvalue weighted by Crippen LogP contribution is 2.13. The first kappa shape index (κ1) is 15.9. The van der Waals surface area contributed by atoms with Crippen LogP contribution in [0.4, 0.5) is 5.82 Å². The van der Waals surface area contributed by atoms with Crippen LogP contribution in [0.1, 0.15) is 17.5 Å². The van der Waals surface area contributed by atoms with Crippen LogP contribution in [0.15, 0.2) is 42.6 Å². The average Bonchev–Trinajstić information content (AvgIpc) is 2.89. The van der Waals surface area contributed by atoms with Crippen LogP contribution in [0.3, 0.4) is 0 Å². The van der Waals surface area contributed by atoms with E-state index in [-0.39, 0.29) is 5.91 Å². The largest absolute Gasteiger partial charge is 0.353 e. The maximum atomic E-state index is 12.5. The molecule has 0 atom stereocenters. The molecule has 122 valence electrons. The number of anilines is 1. The van der Waals surface area contributed by atoms with Gasteiger partial charge in [0.05, 0.1) is 18.1 Å². The van der Waals surface area contributed by atoms with Gasteiger partial charge < -0.3 is 9.80 Å². The molecule has 0 bridgehead atoms. The van der Waals surface area contributed by atoms with Crippen molar-refractivity contribution < 1.29 is 4.79 Å². The Morgan fingerprint density at radius 2 is 1.96 bits per heavy atom. The third-order valence-corrected chi connectivity index (χ3v) is 4.17. The van der Waals surface area contributed by atoms with Crippen molar-refractivity contribution in [3.8, 4) is 6.07 Å². The number of nitrogens with zero attached hydrogens (tertiary/aromatic N) is 5. The fraction of sp³-hybridized carbons (Fsp3) is 0.333. The molecule has 1 aromatic carbocycles. The topological polar surface area (TPSA) is 73.1 Å². The molecule has 1 fully saturated rings. The highest BCUT2D eigenvalue weighted by atomic mass is 16.2. The Balaban J connectivity index is 1.59. The van der Waals surface area contributed by atoms with Gasteiger partial charge in [0.1, 0.15) is 0 Å². The first-order chi connectivity index (χ1) is 11.8. The van der Waals surface area contributed by atoms with Crippen molar-refractivity contribution in [1.29, 1.82) is 5.26 Å². The predicted octanol–water partition coefficient (Wildman–Crippen LogP) is 1.63. The average molecular weight is 321 g/mol. The lowest BCUT2D eigenvalue weighted by atomic mass is 10.1. The van der Waals surface area contributed by atoms with Gasteiger partial charge >= 0.3 is 0 Å². The van der Waals surface area contributed by atoms with Gasteiger partial charge in [0.25, 0.3) is 0 Å². The van der Waals surface area contributed by atoms with Crippen molar-refractivity contribution in [2.24, 2.45) is 0 Å².